The fourth-order valence-corrected chi connectivity index (χ4v) is 2.27. The number of pyridine rings is 1. The van der Waals surface area contributed by atoms with Gasteiger partial charge in [0.1, 0.15) is 17.1 Å². The van der Waals surface area contributed by atoms with Crippen molar-refractivity contribution in [1.82, 2.24) is 15.2 Å². The topological polar surface area (TPSA) is 77.0 Å². The zero-order valence-corrected chi connectivity index (χ0v) is 14.7. The molecule has 0 unspecified atom stereocenters. The van der Waals surface area contributed by atoms with Gasteiger partial charge in [-0.1, -0.05) is 11.6 Å². The van der Waals surface area contributed by atoms with Crippen molar-refractivity contribution in [3.8, 4) is 11.6 Å². The van der Waals surface area contributed by atoms with E-state index in [9.17, 15) is 26.7 Å². The Balaban J connectivity index is 1.99. The number of benzene rings is 1. The van der Waals surface area contributed by atoms with E-state index < -0.39 is 41.0 Å². The van der Waals surface area contributed by atoms with E-state index in [1.165, 1.54) is 0 Å². The molecular formula is C17H8ClF5N4O2. The molecule has 3 rings (SSSR count). The number of ether oxygens (including phenoxy) is 1. The Bertz CT molecular complexity index is 1060. The Morgan fingerprint density at radius 3 is 2.45 bits per heavy atom. The fraction of sp³-hybridized carbons (Fsp3) is 0.0588. The largest absolute Gasteiger partial charge is 0.435 e. The van der Waals surface area contributed by atoms with Crippen molar-refractivity contribution < 1.29 is 31.5 Å². The Hall–Kier alpha value is -3.34. The molecule has 0 saturated carbocycles. The quantitative estimate of drug-likeness (QED) is 0.472. The maximum atomic E-state index is 13.2. The molecule has 0 aliphatic rings. The van der Waals surface area contributed by atoms with Crippen LogP contribution in [0.15, 0.2) is 42.6 Å². The first kappa shape index (κ1) is 20.4. The summed E-state index contributed by atoms with van der Waals surface area (Å²) in [5.41, 5.74) is -2.08. The van der Waals surface area contributed by atoms with Crippen molar-refractivity contribution >= 4 is 23.2 Å². The van der Waals surface area contributed by atoms with Crippen molar-refractivity contribution in [2.45, 2.75) is 6.18 Å². The molecule has 1 aromatic carbocycles. The molecule has 29 heavy (non-hydrogen) atoms. The third kappa shape index (κ3) is 4.93. The number of hydrogen-bond donors (Lipinski definition) is 1. The summed E-state index contributed by atoms with van der Waals surface area (Å²) in [7, 11) is 0. The van der Waals surface area contributed by atoms with Crippen LogP contribution >= 0.6 is 11.6 Å². The van der Waals surface area contributed by atoms with E-state index >= 15 is 0 Å². The molecule has 1 amide bonds. The Kier molecular flexibility index (Phi) is 5.59. The lowest BCUT2D eigenvalue weighted by molar-refractivity contribution is -0.141. The van der Waals surface area contributed by atoms with Crippen LogP contribution in [0.4, 0.5) is 27.6 Å². The van der Waals surface area contributed by atoms with Crippen molar-refractivity contribution in [3.63, 3.8) is 0 Å². The smallest absolute Gasteiger partial charge is 0.435 e. The number of amides is 1. The van der Waals surface area contributed by atoms with Gasteiger partial charge in [-0.25, -0.2) is 9.37 Å². The summed E-state index contributed by atoms with van der Waals surface area (Å²) in [6.45, 7) is 0. The lowest BCUT2D eigenvalue weighted by atomic mass is 10.2. The van der Waals surface area contributed by atoms with Crippen LogP contribution < -0.4 is 10.1 Å². The van der Waals surface area contributed by atoms with Crippen LogP contribution in [-0.2, 0) is 6.18 Å². The highest BCUT2D eigenvalue weighted by Crippen LogP contribution is 2.33. The van der Waals surface area contributed by atoms with E-state index in [2.05, 4.69) is 20.5 Å². The fourth-order valence-electron chi connectivity index (χ4n) is 2.07. The molecule has 3 aromatic rings. The highest BCUT2D eigenvalue weighted by Gasteiger charge is 2.35. The number of nitrogens with zero attached hydrogens (tertiary/aromatic N) is 3. The third-order valence-electron chi connectivity index (χ3n) is 3.38. The van der Waals surface area contributed by atoms with E-state index in [1.807, 2.05) is 0 Å². The van der Waals surface area contributed by atoms with Gasteiger partial charge < -0.3 is 10.1 Å². The van der Waals surface area contributed by atoms with Gasteiger partial charge in [0, 0.05) is 0 Å². The van der Waals surface area contributed by atoms with Crippen LogP contribution in [0, 0.1) is 11.8 Å². The van der Waals surface area contributed by atoms with Gasteiger partial charge in [-0.3, -0.25) is 4.79 Å². The number of halogens is 6. The lowest BCUT2D eigenvalue weighted by Crippen LogP contribution is -2.18. The highest BCUT2D eigenvalue weighted by molar-refractivity contribution is 6.32. The molecule has 150 valence electrons. The monoisotopic (exact) mass is 430 g/mol. The number of alkyl halides is 3. The first-order chi connectivity index (χ1) is 13.6. The van der Waals surface area contributed by atoms with Crippen LogP contribution in [-0.4, -0.2) is 21.1 Å². The van der Waals surface area contributed by atoms with Gasteiger partial charge in [-0.15, -0.1) is 10.2 Å². The SMILES string of the molecule is O=C(Nc1ccc(F)nc1)c1cc(C(F)(F)F)nnc1Oc1ccc(F)cc1Cl. The molecule has 12 heteroatoms. The number of anilines is 1. The molecule has 0 radical (unpaired) electrons. The minimum absolute atomic E-state index is 0.00698. The van der Waals surface area contributed by atoms with Gasteiger partial charge in [0.05, 0.1) is 16.9 Å². The number of carbonyl (C=O) groups excluding carboxylic acids is 1. The van der Waals surface area contributed by atoms with Crippen molar-refractivity contribution in [2.75, 3.05) is 5.32 Å². The zero-order chi connectivity index (χ0) is 21.2. The first-order valence-corrected chi connectivity index (χ1v) is 8.02. The normalized spacial score (nSPS) is 11.2. The molecule has 0 aliphatic heterocycles. The standard InChI is InChI=1S/C17H8ClF5N4O2/c18-11-5-8(19)1-3-12(11)29-16-10(6-13(26-27-16)17(21,22)23)15(28)25-9-2-4-14(20)24-7-9/h1-7H,(H,25,28). The molecule has 6 nitrogen and oxygen atoms in total. The summed E-state index contributed by atoms with van der Waals surface area (Å²) in [6.07, 6.45) is -3.92. The molecule has 2 aromatic heterocycles. The predicted octanol–water partition coefficient (Wildman–Crippen LogP) is 4.87. The highest BCUT2D eigenvalue weighted by atomic mass is 35.5. The second-order valence-electron chi connectivity index (χ2n) is 5.45. The summed E-state index contributed by atoms with van der Waals surface area (Å²) in [4.78, 5) is 15.8. The number of aromatic nitrogens is 3. The second-order valence-corrected chi connectivity index (χ2v) is 5.85. The average Bonchev–Trinajstić information content (AvgIpc) is 2.65. The summed E-state index contributed by atoms with van der Waals surface area (Å²) in [6, 6.07) is 5.50. The van der Waals surface area contributed by atoms with Crippen LogP contribution in [0.2, 0.25) is 5.02 Å². The number of nitrogens with one attached hydrogen (secondary N) is 1. The first-order valence-electron chi connectivity index (χ1n) is 7.64. The van der Waals surface area contributed by atoms with Crippen LogP contribution in [0.5, 0.6) is 11.6 Å². The Labute approximate surface area is 164 Å². The van der Waals surface area contributed by atoms with E-state index in [0.717, 1.165) is 36.5 Å². The molecule has 0 aliphatic carbocycles. The van der Waals surface area contributed by atoms with Gasteiger partial charge in [-0.05, 0) is 36.4 Å². The van der Waals surface area contributed by atoms with E-state index in [-0.39, 0.29) is 16.5 Å². The molecule has 0 fully saturated rings. The molecule has 0 atom stereocenters. The molecule has 1 N–H and O–H groups in total. The molecular weight excluding hydrogens is 423 g/mol. The summed E-state index contributed by atoms with van der Waals surface area (Å²) >= 11 is 5.82. The van der Waals surface area contributed by atoms with E-state index in [0.29, 0.717) is 6.07 Å². The zero-order valence-electron chi connectivity index (χ0n) is 14.0. The van der Waals surface area contributed by atoms with Crippen LogP contribution in [0.25, 0.3) is 0 Å². The van der Waals surface area contributed by atoms with Gasteiger partial charge in [-0.2, -0.15) is 17.6 Å². The summed E-state index contributed by atoms with van der Waals surface area (Å²) in [5.74, 6) is -3.34. The van der Waals surface area contributed by atoms with E-state index in [4.69, 9.17) is 16.3 Å². The van der Waals surface area contributed by atoms with E-state index in [1.54, 1.807) is 0 Å². The van der Waals surface area contributed by atoms with Crippen LogP contribution in [0.3, 0.4) is 0 Å². The van der Waals surface area contributed by atoms with Gasteiger partial charge >= 0.3 is 6.18 Å². The van der Waals surface area contributed by atoms with Crippen molar-refractivity contribution in [1.29, 1.82) is 0 Å². The molecule has 0 saturated heterocycles. The van der Waals surface area contributed by atoms with Gasteiger partial charge in [0.2, 0.25) is 5.95 Å². The molecule has 0 bridgehead atoms. The third-order valence-corrected chi connectivity index (χ3v) is 3.68. The second kappa shape index (κ2) is 7.95. The minimum atomic E-state index is -4.88. The summed E-state index contributed by atoms with van der Waals surface area (Å²) < 4.78 is 70.2. The maximum absolute atomic E-state index is 13.2. The number of carbonyl (C=O) groups is 1. The number of hydrogen-bond acceptors (Lipinski definition) is 5. The van der Waals surface area contributed by atoms with Crippen molar-refractivity contribution in [2.24, 2.45) is 0 Å². The lowest BCUT2D eigenvalue weighted by Gasteiger charge is -2.13. The average molecular weight is 431 g/mol. The maximum Gasteiger partial charge on any atom is 0.435 e. The Morgan fingerprint density at radius 1 is 1.07 bits per heavy atom. The summed E-state index contributed by atoms with van der Waals surface area (Å²) in [5, 5.41) is 8.33. The molecule has 0 spiro atoms. The molecule has 2 heterocycles. The predicted molar refractivity (Wildman–Crippen MR) is 90.7 cm³/mol. The van der Waals surface area contributed by atoms with Crippen LogP contribution in [0.1, 0.15) is 16.1 Å². The Morgan fingerprint density at radius 2 is 1.83 bits per heavy atom. The van der Waals surface area contributed by atoms with Crippen molar-refractivity contribution in [3.05, 3.63) is 70.6 Å². The van der Waals surface area contributed by atoms with Gasteiger partial charge in [0.15, 0.2) is 5.69 Å². The minimum Gasteiger partial charge on any atom is -0.435 e. The van der Waals surface area contributed by atoms with Gasteiger partial charge in [0.25, 0.3) is 11.8 Å². The number of rotatable bonds is 4.